The van der Waals surface area contributed by atoms with Crippen molar-refractivity contribution in [3.05, 3.63) is 23.3 Å². The van der Waals surface area contributed by atoms with Crippen LogP contribution >= 0.6 is 0 Å². The summed E-state index contributed by atoms with van der Waals surface area (Å²) in [5.74, 6) is -0.703. The van der Waals surface area contributed by atoms with E-state index in [4.69, 9.17) is 0 Å². The van der Waals surface area contributed by atoms with E-state index in [9.17, 15) is 17.6 Å². The summed E-state index contributed by atoms with van der Waals surface area (Å²) < 4.78 is 56.7. The number of benzene rings is 1. The van der Waals surface area contributed by atoms with Crippen LogP contribution in [-0.4, -0.2) is 13.2 Å². The molecule has 16 heavy (non-hydrogen) atoms. The highest BCUT2D eigenvalue weighted by Crippen LogP contribution is 2.36. The predicted octanol–water partition coefficient (Wildman–Crippen LogP) is 3.51. The highest BCUT2D eigenvalue weighted by atomic mass is 19.3. The van der Waals surface area contributed by atoms with Crippen LogP contribution in [0.2, 0.25) is 0 Å². The standard InChI is InChI=1S/C10H10F4O2/c1-5-3-4-6(2)8(16-10(13)14)7(5)15-9(11)12/h3-4,9-10H,1-2H3. The summed E-state index contributed by atoms with van der Waals surface area (Å²) in [4.78, 5) is 0. The van der Waals surface area contributed by atoms with Gasteiger partial charge in [-0.3, -0.25) is 0 Å². The molecule has 1 aromatic rings. The van der Waals surface area contributed by atoms with Gasteiger partial charge in [-0.15, -0.1) is 0 Å². The Morgan fingerprint density at radius 3 is 1.38 bits per heavy atom. The topological polar surface area (TPSA) is 18.5 Å². The lowest BCUT2D eigenvalue weighted by atomic mass is 10.1. The average Bonchev–Trinajstić information content (AvgIpc) is 2.16. The zero-order valence-corrected chi connectivity index (χ0v) is 8.64. The van der Waals surface area contributed by atoms with Gasteiger partial charge in [0, 0.05) is 0 Å². The Bertz CT molecular complexity index is 331. The minimum Gasteiger partial charge on any atom is -0.431 e. The molecule has 0 radical (unpaired) electrons. The zero-order valence-electron chi connectivity index (χ0n) is 8.64. The minimum atomic E-state index is -3.08. The first-order valence-electron chi connectivity index (χ1n) is 4.41. The summed E-state index contributed by atoms with van der Waals surface area (Å²) in [5, 5.41) is 0. The lowest BCUT2D eigenvalue weighted by Gasteiger charge is -2.15. The fourth-order valence-electron chi connectivity index (χ4n) is 1.23. The van der Waals surface area contributed by atoms with Crippen molar-refractivity contribution in [3.8, 4) is 11.5 Å². The predicted molar refractivity (Wildman–Crippen MR) is 49.2 cm³/mol. The third kappa shape index (κ3) is 3.01. The molecule has 6 heteroatoms. The number of hydrogen-bond donors (Lipinski definition) is 0. The molecule has 0 aliphatic carbocycles. The van der Waals surface area contributed by atoms with E-state index in [2.05, 4.69) is 9.47 Å². The van der Waals surface area contributed by atoms with Crippen LogP contribution in [0.5, 0.6) is 11.5 Å². The molecule has 0 atom stereocenters. The summed E-state index contributed by atoms with van der Waals surface area (Å²) in [7, 11) is 0. The van der Waals surface area contributed by atoms with Gasteiger partial charge in [0.05, 0.1) is 0 Å². The number of ether oxygens (including phenoxy) is 2. The fraction of sp³-hybridized carbons (Fsp3) is 0.400. The second kappa shape index (κ2) is 5.05. The first kappa shape index (κ1) is 12.6. The summed E-state index contributed by atoms with van der Waals surface area (Å²) in [5.41, 5.74) is 0.614. The highest BCUT2D eigenvalue weighted by Gasteiger charge is 2.18. The number of alkyl halides is 4. The molecule has 1 rings (SSSR count). The second-order valence-corrected chi connectivity index (χ2v) is 3.11. The molecule has 90 valence electrons. The van der Waals surface area contributed by atoms with Crippen LogP contribution in [0, 0.1) is 13.8 Å². The van der Waals surface area contributed by atoms with E-state index < -0.39 is 13.2 Å². The van der Waals surface area contributed by atoms with E-state index in [0.29, 0.717) is 11.1 Å². The van der Waals surface area contributed by atoms with E-state index in [1.54, 1.807) is 0 Å². The van der Waals surface area contributed by atoms with Crippen molar-refractivity contribution in [2.45, 2.75) is 27.1 Å². The third-order valence-electron chi connectivity index (χ3n) is 1.92. The largest absolute Gasteiger partial charge is 0.431 e. The van der Waals surface area contributed by atoms with E-state index >= 15 is 0 Å². The van der Waals surface area contributed by atoms with Gasteiger partial charge in [0.1, 0.15) is 0 Å². The molecule has 0 bridgehead atoms. The maximum absolute atomic E-state index is 12.1. The fourth-order valence-corrected chi connectivity index (χ4v) is 1.23. The van der Waals surface area contributed by atoms with Gasteiger partial charge in [0.2, 0.25) is 0 Å². The number of aryl methyl sites for hydroxylation is 2. The molecule has 0 saturated carbocycles. The average molecular weight is 238 g/mol. The molecule has 0 amide bonds. The van der Waals surface area contributed by atoms with Crippen molar-refractivity contribution in [1.29, 1.82) is 0 Å². The number of halogens is 4. The van der Waals surface area contributed by atoms with Gasteiger partial charge in [0.25, 0.3) is 0 Å². The zero-order chi connectivity index (χ0) is 12.3. The molecular formula is C10H10F4O2. The molecule has 0 spiro atoms. The minimum absolute atomic E-state index is 0.307. The van der Waals surface area contributed by atoms with Gasteiger partial charge >= 0.3 is 13.2 Å². The maximum Gasteiger partial charge on any atom is 0.387 e. The lowest BCUT2D eigenvalue weighted by molar-refractivity contribution is -0.0698. The molecule has 0 aliphatic heterocycles. The Hall–Kier alpha value is -1.46. The van der Waals surface area contributed by atoms with Crippen LogP contribution in [0.1, 0.15) is 11.1 Å². The van der Waals surface area contributed by atoms with Crippen LogP contribution < -0.4 is 9.47 Å². The SMILES string of the molecule is Cc1ccc(C)c(OC(F)F)c1OC(F)F. The monoisotopic (exact) mass is 238 g/mol. The van der Waals surface area contributed by atoms with Gasteiger partial charge in [-0.1, -0.05) is 12.1 Å². The van der Waals surface area contributed by atoms with Crippen molar-refractivity contribution in [2.75, 3.05) is 0 Å². The van der Waals surface area contributed by atoms with Crippen molar-refractivity contribution in [2.24, 2.45) is 0 Å². The van der Waals surface area contributed by atoms with Gasteiger partial charge in [-0.05, 0) is 25.0 Å². The Labute approximate surface area is 89.8 Å². The molecule has 0 unspecified atom stereocenters. The Kier molecular flexibility index (Phi) is 3.98. The molecule has 0 heterocycles. The second-order valence-electron chi connectivity index (χ2n) is 3.11. The summed E-state index contributed by atoms with van der Waals surface area (Å²) >= 11 is 0. The van der Waals surface area contributed by atoms with Crippen molar-refractivity contribution in [3.63, 3.8) is 0 Å². The number of hydrogen-bond acceptors (Lipinski definition) is 2. The van der Waals surface area contributed by atoms with Crippen LogP contribution in [0.15, 0.2) is 12.1 Å². The van der Waals surface area contributed by atoms with Crippen LogP contribution in [0.4, 0.5) is 17.6 Å². The first-order chi connectivity index (χ1) is 7.41. The highest BCUT2D eigenvalue weighted by molar-refractivity contribution is 5.51. The Morgan fingerprint density at radius 2 is 1.12 bits per heavy atom. The van der Waals surface area contributed by atoms with Crippen molar-refractivity contribution < 1.29 is 27.0 Å². The Morgan fingerprint density at radius 1 is 0.812 bits per heavy atom. The maximum atomic E-state index is 12.1. The van der Waals surface area contributed by atoms with Crippen molar-refractivity contribution in [1.82, 2.24) is 0 Å². The van der Waals surface area contributed by atoms with E-state index in [-0.39, 0.29) is 11.5 Å². The summed E-state index contributed by atoms with van der Waals surface area (Å²) in [6, 6.07) is 2.98. The Balaban J connectivity index is 3.14. The van der Waals surface area contributed by atoms with Crippen LogP contribution in [-0.2, 0) is 0 Å². The summed E-state index contributed by atoms with van der Waals surface area (Å²) in [6.07, 6.45) is 0. The van der Waals surface area contributed by atoms with Crippen LogP contribution in [0.25, 0.3) is 0 Å². The molecule has 1 aromatic carbocycles. The molecular weight excluding hydrogens is 228 g/mol. The normalized spacial score (nSPS) is 11.0. The number of rotatable bonds is 4. The molecule has 0 N–H and O–H groups in total. The first-order valence-corrected chi connectivity index (χ1v) is 4.41. The molecule has 2 nitrogen and oxygen atoms in total. The third-order valence-corrected chi connectivity index (χ3v) is 1.92. The van der Waals surface area contributed by atoms with Gasteiger partial charge in [-0.2, -0.15) is 17.6 Å². The van der Waals surface area contributed by atoms with Crippen LogP contribution in [0.3, 0.4) is 0 Å². The molecule has 0 saturated heterocycles. The summed E-state index contributed by atoms with van der Waals surface area (Å²) in [6.45, 7) is -3.23. The quantitative estimate of drug-likeness (QED) is 0.747. The van der Waals surface area contributed by atoms with E-state index in [0.717, 1.165) is 0 Å². The molecule has 0 fully saturated rings. The van der Waals surface area contributed by atoms with Gasteiger partial charge in [-0.25, -0.2) is 0 Å². The van der Waals surface area contributed by atoms with Gasteiger partial charge in [0.15, 0.2) is 11.5 Å². The van der Waals surface area contributed by atoms with E-state index in [1.807, 2.05) is 0 Å². The molecule has 0 aliphatic rings. The lowest BCUT2D eigenvalue weighted by Crippen LogP contribution is -2.09. The molecule has 0 aromatic heterocycles. The van der Waals surface area contributed by atoms with Crippen molar-refractivity contribution >= 4 is 0 Å². The smallest absolute Gasteiger partial charge is 0.387 e. The van der Waals surface area contributed by atoms with Gasteiger partial charge < -0.3 is 9.47 Å². The van der Waals surface area contributed by atoms with E-state index in [1.165, 1.54) is 26.0 Å².